The molecule has 2 heterocycles. The van der Waals surface area contributed by atoms with Gasteiger partial charge < -0.3 is 24.7 Å². The van der Waals surface area contributed by atoms with Crippen molar-refractivity contribution in [1.29, 1.82) is 0 Å². The van der Waals surface area contributed by atoms with Gasteiger partial charge in [0, 0.05) is 55.0 Å². The average Bonchev–Trinajstić information content (AvgIpc) is 4.43. The average molecular weight is 1070 g/mol. The summed E-state index contributed by atoms with van der Waals surface area (Å²) in [7, 11) is 0. The van der Waals surface area contributed by atoms with Crippen molar-refractivity contribution in [2.75, 3.05) is 13.1 Å². The maximum Gasteiger partial charge on any atom is 0.329 e. The maximum atomic E-state index is 14.2. The third-order valence-corrected chi connectivity index (χ3v) is 16.9. The molecule has 0 radical (unpaired) electrons. The lowest BCUT2D eigenvalue weighted by Gasteiger charge is -2.31. The first kappa shape index (κ1) is 57.6. The second-order valence-corrected chi connectivity index (χ2v) is 22.4. The number of ketones is 3. The minimum Gasteiger partial charge on any atom is -0.481 e. The van der Waals surface area contributed by atoms with E-state index in [1.165, 1.54) is 4.90 Å². The van der Waals surface area contributed by atoms with Gasteiger partial charge in [0.1, 0.15) is 36.0 Å². The summed E-state index contributed by atoms with van der Waals surface area (Å²) in [6.45, 7) is 2.51. The molecule has 79 heavy (non-hydrogen) atoms. The number of carboxylic acids is 2. The highest BCUT2D eigenvalue weighted by Gasteiger charge is 2.47. The number of ether oxygens (including phenoxy) is 1. The van der Waals surface area contributed by atoms with Gasteiger partial charge in [0.25, 0.3) is 0 Å². The van der Waals surface area contributed by atoms with Crippen molar-refractivity contribution >= 4 is 47.1 Å². The van der Waals surface area contributed by atoms with Crippen LogP contribution in [0.25, 0.3) is 22.3 Å². The molecule has 2 saturated carbocycles. The third kappa shape index (κ3) is 14.8. The van der Waals surface area contributed by atoms with E-state index in [9.17, 15) is 48.6 Å². The summed E-state index contributed by atoms with van der Waals surface area (Å²) in [5.41, 5.74) is 5.42. The van der Waals surface area contributed by atoms with Crippen LogP contribution in [-0.2, 0) is 62.5 Å². The molecule has 5 aromatic rings. The van der Waals surface area contributed by atoms with E-state index < -0.39 is 52.7 Å². The normalized spacial score (nSPS) is 18.9. The van der Waals surface area contributed by atoms with Crippen LogP contribution in [0.2, 0.25) is 0 Å². The van der Waals surface area contributed by atoms with Crippen molar-refractivity contribution in [2.24, 2.45) is 22.7 Å². The molecule has 5 aromatic carbocycles. The Kier molecular flexibility index (Phi) is 19.6. The molecule has 13 nitrogen and oxygen atoms in total. The summed E-state index contributed by atoms with van der Waals surface area (Å²) in [4.78, 5) is 107. The molecular weight excluding hydrogens is 997 g/mol. The fourth-order valence-electron chi connectivity index (χ4n) is 12.7. The van der Waals surface area contributed by atoms with E-state index in [0.717, 1.165) is 64.6 Å². The number of Topliss-reactive ketones (excluding diaryl/α,β-unsaturated/α-hetero) is 3. The number of nitrogens with zero attached hydrogens (tertiary/aromatic N) is 2. The summed E-state index contributed by atoms with van der Waals surface area (Å²) in [5.74, 6) is -4.49. The highest BCUT2D eigenvalue weighted by atomic mass is 16.5. The lowest BCUT2D eigenvalue weighted by atomic mass is 9.74. The van der Waals surface area contributed by atoms with Crippen molar-refractivity contribution < 1.29 is 53.3 Å². The molecule has 0 spiro atoms. The van der Waals surface area contributed by atoms with Gasteiger partial charge >= 0.3 is 17.9 Å². The second-order valence-electron chi connectivity index (χ2n) is 22.4. The Hall–Kier alpha value is -7.54. The number of hydrogen-bond donors (Lipinski definition) is 2. The molecule has 2 aliphatic heterocycles. The monoisotopic (exact) mass is 1070 g/mol. The molecule has 2 saturated heterocycles. The molecule has 2 N–H and O–H groups in total. The lowest BCUT2D eigenvalue weighted by molar-refractivity contribution is -0.156. The first-order valence-corrected chi connectivity index (χ1v) is 28.2. The Morgan fingerprint density at radius 1 is 0.494 bits per heavy atom. The van der Waals surface area contributed by atoms with Crippen molar-refractivity contribution in [3.8, 4) is 22.3 Å². The van der Waals surface area contributed by atoms with Crippen molar-refractivity contribution in [3.05, 3.63) is 156 Å². The van der Waals surface area contributed by atoms with Crippen molar-refractivity contribution in [1.82, 2.24) is 9.80 Å². The van der Waals surface area contributed by atoms with Crippen LogP contribution in [0.15, 0.2) is 140 Å². The second kappa shape index (κ2) is 26.9. The smallest absolute Gasteiger partial charge is 0.329 e. The van der Waals surface area contributed by atoms with E-state index in [4.69, 9.17) is 4.74 Å². The van der Waals surface area contributed by atoms with Gasteiger partial charge in [-0.25, -0.2) is 9.59 Å². The summed E-state index contributed by atoms with van der Waals surface area (Å²) in [5, 5.41) is 19.1. The number of amides is 2. The first-order chi connectivity index (χ1) is 38.1. The van der Waals surface area contributed by atoms with Gasteiger partial charge in [-0.1, -0.05) is 165 Å². The summed E-state index contributed by atoms with van der Waals surface area (Å²) in [6.07, 6.45) is 8.79. The Morgan fingerprint density at radius 2 is 0.886 bits per heavy atom. The molecule has 414 valence electrons. The number of benzene rings is 5. The number of carbonyl (C=O) groups excluding carboxylic acids is 6. The molecular formula is C66H74N2O11. The fraction of sp³-hybridized carbons (Fsp3) is 0.424. The largest absolute Gasteiger partial charge is 0.481 e. The van der Waals surface area contributed by atoms with Gasteiger partial charge in [0.05, 0.1) is 6.42 Å². The topological polar surface area (TPSA) is 193 Å². The van der Waals surface area contributed by atoms with E-state index in [-0.39, 0.29) is 61.5 Å². The van der Waals surface area contributed by atoms with Gasteiger partial charge in [-0.05, 0) is 110 Å². The number of esters is 1. The van der Waals surface area contributed by atoms with Gasteiger partial charge in [-0.3, -0.25) is 28.8 Å². The standard InChI is InChI=1S/C37H41NO5.C29H33NO6/c1-27(39)25-37(20-8-9-21-37)34(40)24-32(23-28-16-18-31(19-17-28)30-13-6-3-7-14-30)35(41)38-22-10-15-33(38)36(42)43-26-29-11-4-2-5-12-29;31-25(29(19-26(32)33)14-4-5-15-29)18-23(27(34)30-16-6-9-24(30)28(35)36)17-20-10-12-22(13-11-20)21-7-2-1-3-8-21/h2-7,11-14,16-19,32-33H,8-10,15,20-26H2,1H3;1-3,7-8,10-13,23-24H,4-6,9,14-19H2,(H,32,33)(H,35,36)/t32-,33+;23-,24+/m11/s1. The number of carboxylic acid groups (broad SMARTS) is 2. The number of aliphatic carboxylic acids is 2. The van der Waals surface area contributed by atoms with Gasteiger partial charge in [-0.2, -0.15) is 0 Å². The van der Waals surface area contributed by atoms with E-state index in [1.807, 2.05) is 127 Å². The van der Waals surface area contributed by atoms with E-state index in [0.29, 0.717) is 77.3 Å². The number of rotatable bonds is 22. The van der Waals surface area contributed by atoms with E-state index >= 15 is 0 Å². The third-order valence-electron chi connectivity index (χ3n) is 16.9. The van der Waals surface area contributed by atoms with Gasteiger partial charge in [0.15, 0.2) is 0 Å². The minimum absolute atomic E-state index is 0.00172. The highest BCUT2D eigenvalue weighted by molar-refractivity contribution is 5.96. The van der Waals surface area contributed by atoms with Crippen LogP contribution < -0.4 is 0 Å². The van der Waals surface area contributed by atoms with Crippen LogP contribution in [0.5, 0.6) is 0 Å². The molecule has 13 heteroatoms. The predicted molar refractivity (Wildman–Crippen MR) is 300 cm³/mol. The minimum atomic E-state index is -1.03. The zero-order chi connectivity index (χ0) is 55.9. The van der Waals surface area contributed by atoms with Crippen LogP contribution in [0.3, 0.4) is 0 Å². The molecule has 0 aromatic heterocycles. The molecule has 4 aliphatic rings. The zero-order valence-electron chi connectivity index (χ0n) is 45.4. The molecule has 4 atom stereocenters. The Labute approximate surface area is 463 Å². The SMILES string of the molecule is CC(=O)CC1(C(=O)C[C@@H](Cc2ccc(-c3ccccc3)cc2)C(=O)N2CCC[C@H]2C(=O)OCc2ccccc2)CCCC1.O=C(O)CC1(C(=O)C[C@@H](Cc2ccc(-c3ccccc3)cc2)C(=O)N2CCC[C@H]2C(=O)O)CCCC1. The van der Waals surface area contributed by atoms with Crippen LogP contribution in [-0.4, -0.2) is 92.3 Å². The van der Waals surface area contributed by atoms with Gasteiger partial charge in [0.2, 0.25) is 11.8 Å². The van der Waals surface area contributed by atoms with Crippen LogP contribution in [0.1, 0.15) is 126 Å². The quantitative estimate of drug-likeness (QED) is 0.0627. The van der Waals surface area contributed by atoms with Crippen LogP contribution in [0, 0.1) is 22.7 Å². The van der Waals surface area contributed by atoms with E-state index in [2.05, 4.69) is 12.1 Å². The fourth-order valence-corrected chi connectivity index (χ4v) is 12.7. The number of hydrogen-bond acceptors (Lipinski definition) is 9. The van der Waals surface area contributed by atoms with Crippen molar-refractivity contribution in [3.63, 3.8) is 0 Å². The highest BCUT2D eigenvalue weighted by Crippen LogP contribution is 2.45. The predicted octanol–water partition coefficient (Wildman–Crippen LogP) is 11.3. The molecule has 0 bridgehead atoms. The van der Waals surface area contributed by atoms with Gasteiger partial charge in [-0.15, -0.1) is 0 Å². The summed E-state index contributed by atoms with van der Waals surface area (Å²) >= 11 is 0. The summed E-state index contributed by atoms with van der Waals surface area (Å²) < 4.78 is 5.63. The molecule has 4 fully saturated rings. The lowest BCUT2D eigenvalue weighted by Crippen LogP contribution is -2.46. The number of carbonyl (C=O) groups is 8. The van der Waals surface area contributed by atoms with E-state index in [1.54, 1.807) is 11.8 Å². The van der Waals surface area contributed by atoms with Crippen molar-refractivity contribution in [2.45, 2.75) is 141 Å². The van der Waals surface area contributed by atoms with Crippen LogP contribution >= 0.6 is 0 Å². The Morgan fingerprint density at radius 3 is 1.30 bits per heavy atom. The maximum absolute atomic E-state index is 14.2. The van der Waals surface area contributed by atoms with Crippen LogP contribution in [0.4, 0.5) is 0 Å². The molecule has 2 aliphatic carbocycles. The Balaban J connectivity index is 0.000000211. The molecule has 0 unspecified atom stereocenters. The number of likely N-dealkylation sites (tertiary alicyclic amines) is 2. The Bertz CT molecular complexity index is 2910. The first-order valence-electron chi connectivity index (χ1n) is 28.2. The molecule has 2 amide bonds. The molecule has 9 rings (SSSR count). The summed E-state index contributed by atoms with van der Waals surface area (Å²) in [6, 6.07) is 43.9. The zero-order valence-corrected chi connectivity index (χ0v) is 45.4.